The number of fused-ring (bicyclic) bond motifs is 1. The first-order valence-corrected chi connectivity index (χ1v) is 9.71. The first-order chi connectivity index (χ1) is 15.3. The van der Waals surface area contributed by atoms with Crippen molar-refractivity contribution in [1.29, 1.82) is 0 Å². The van der Waals surface area contributed by atoms with Crippen molar-refractivity contribution in [3.8, 4) is 5.75 Å². The number of halogens is 2. The van der Waals surface area contributed by atoms with Crippen molar-refractivity contribution in [3.05, 3.63) is 65.3 Å². The maximum absolute atomic E-state index is 13.0. The summed E-state index contributed by atoms with van der Waals surface area (Å²) in [6.45, 7) is 3.03. The number of amides is 2. The minimum absolute atomic E-state index is 0.0211. The molecule has 4 heterocycles. The second-order valence-corrected chi connectivity index (χ2v) is 7.19. The Hall–Kier alpha value is -3.89. The third-order valence-corrected chi connectivity index (χ3v) is 5.11. The van der Waals surface area contributed by atoms with E-state index in [9.17, 15) is 18.4 Å². The van der Waals surface area contributed by atoms with Gasteiger partial charge in [-0.25, -0.2) is 18.7 Å². The maximum atomic E-state index is 13.0. The Morgan fingerprint density at radius 3 is 2.84 bits per heavy atom. The van der Waals surface area contributed by atoms with Crippen LogP contribution < -0.4 is 10.1 Å². The van der Waals surface area contributed by atoms with Crippen LogP contribution >= 0.6 is 0 Å². The molecule has 4 rings (SSSR count). The van der Waals surface area contributed by atoms with E-state index in [-0.39, 0.29) is 29.8 Å². The highest BCUT2D eigenvalue weighted by atomic mass is 19.3. The van der Waals surface area contributed by atoms with Crippen LogP contribution in [0.3, 0.4) is 0 Å². The molecule has 1 N–H and O–H groups in total. The number of nitrogens with zero attached hydrogens (tertiary/aromatic N) is 4. The lowest BCUT2D eigenvalue weighted by Gasteiger charge is -2.24. The highest BCUT2D eigenvalue weighted by Gasteiger charge is 2.34. The van der Waals surface area contributed by atoms with Crippen molar-refractivity contribution in [3.63, 3.8) is 0 Å². The molecule has 0 spiro atoms. The Labute approximate surface area is 181 Å². The maximum Gasteiger partial charge on any atom is 0.294 e. The second kappa shape index (κ2) is 8.69. The van der Waals surface area contributed by atoms with Crippen LogP contribution in [0.25, 0.3) is 0 Å². The number of hydrogen-bond donors (Lipinski definition) is 1. The van der Waals surface area contributed by atoms with E-state index in [2.05, 4.69) is 20.3 Å². The molecular formula is C21H19F2N5O4. The summed E-state index contributed by atoms with van der Waals surface area (Å²) < 4.78 is 34.8. The number of aryl methyl sites for hydroxylation is 1. The molecule has 166 valence electrons. The van der Waals surface area contributed by atoms with Crippen LogP contribution in [-0.2, 0) is 6.54 Å². The van der Waals surface area contributed by atoms with E-state index in [1.807, 2.05) is 6.92 Å². The lowest BCUT2D eigenvalue weighted by molar-refractivity contribution is 0.0710. The number of ether oxygens (including phenoxy) is 1. The van der Waals surface area contributed by atoms with Gasteiger partial charge in [-0.2, -0.15) is 0 Å². The lowest BCUT2D eigenvalue weighted by Crippen LogP contribution is -2.28. The van der Waals surface area contributed by atoms with E-state index in [4.69, 9.17) is 9.15 Å². The van der Waals surface area contributed by atoms with Gasteiger partial charge in [0.1, 0.15) is 18.2 Å². The molecule has 2 amide bonds. The van der Waals surface area contributed by atoms with E-state index in [0.717, 1.165) is 6.39 Å². The van der Waals surface area contributed by atoms with Crippen molar-refractivity contribution in [2.75, 3.05) is 11.9 Å². The fourth-order valence-corrected chi connectivity index (χ4v) is 3.42. The molecule has 32 heavy (non-hydrogen) atoms. The number of carbonyl (C=O) groups is 2. The van der Waals surface area contributed by atoms with Crippen molar-refractivity contribution in [2.45, 2.75) is 32.9 Å². The first-order valence-electron chi connectivity index (χ1n) is 9.71. The summed E-state index contributed by atoms with van der Waals surface area (Å²) >= 11 is 0. The molecule has 0 radical (unpaired) electrons. The predicted molar refractivity (Wildman–Crippen MR) is 107 cm³/mol. The molecule has 1 aliphatic heterocycles. The van der Waals surface area contributed by atoms with Crippen LogP contribution in [0.2, 0.25) is 0 Å². The highest BCUT2D eigenvalue weighted by molar-refractivity contribution is 6.05. The van der Waals surface area contributed by atoms with Crippen LogP contribution in [0, 0.1) is 6.92 Å². The summed E-state index contributed by atoms with van der Waals surface area (Å²) in [5.74, 6) is -0.222. The average molecular weight is 443 g/mol. The minimum atomic E-state index is -2.58. The van der Waals surface area contributed by atoms with E-state index < -0.39 is 25.0 Å². The summed E-state index contributed by atoms with van der Waals surface area (Å²) in [7, 11) is 0. The molecule has 11 heteroatoms. The van der Waals surface area contributed by atoms with Gasteiger partial charge < -0.3 is 19.4 Å². The number of hydrogen-bond acceptors (Lipinski definition) is 7. The number of rotatable bonds is 7. The van der Waals surface area contributed by atoms with Crippen LogP contribution in [-0.4, -0.2) is 44.7 Å². The number of anilines is 1. The van der Waals surface area contributed by atoms with Crippen molar-refractivity contribution < 1.29 is 27.5 Å². The Balaban J connectivity index is 1.53. The monoisotopic (exact) mass is 443 g/mol. The summed E-state index contributed by atoms with van der Waals surface area (Å²) in [5, 5.41) is 2.65. The zero-order valence-electron chi connectivity index (χ0n) is 17.2. The largest absolute Gasteiger partial charge is 0.486 e. The Morgan fingerprint density at radius 2 is 2.16 bits per heavy atom. The van der Waals surface area contributed by atoms with E-state index >= 15 is 0 Å². The molecule has 0 aromatic carbocycles. The van der Waals surface area contributed by atoms with E-state index in [1.165, 1.54) is 18.6 Å². The van der Waals surface area contributed by atoms with Gasteiger partial charge in [-0.3, -0.25) is 14.6 Å². The molecule has 1 aliphatic rings. The zero-order chi connectivity index (χ0) is 22.8. The third kappa shape index (κ3) is 4.13. The fourth-order valence-electron chi connectivity index (χ4n) is 3.42. The molecule has 0 aliphatic carbocycles. The molecule has 3 aromatic heterocycles. The molecule has 0 fully saturated rings. The van der Waals surface area contributed by atoms with Crippen molar-refractivity contribution in [2.24, 2.45) is 0 Å². The van der Waals surface area contributed by atoms with Gasteiger partial charge in [0.25, 0.3) is 18.2 Å². The summed E-state index contributed by atoms with van der Waals surface area (Å²) in [6.07, 6.45) is 2.66. The second-order valence-electron chi connectivity index (χ2n) is 7.19. The van der Waals surface area contributed by atoms with Gasteiger partial charge in [0.15, 0.2) is 6.39 Å². The van der Waals surface area contributed by atoms with Gasteiger partial charge in [-0.1, -0.05) is 0 Å². The van der Waals surface area contributed by atoms with Crippen LogP contribution in [0.4, 0.5) is 14.6 Å². The Kier molecular flexibility index (Phi) is 5.80. The number of nitrogens with one attached hydrogen (secondary N) is 1. The quantitative estimate of drug-likeness (QED) is 0.596. The molecule has 3 aromatic rings. The topological polar surface area (TPSA) is 110 Å². The number of pyridine rings is 2. The van der Waals surface area contributed by atoms with Gasteiger partial charge in [0.2, 0.25) is 5.76 Å². The Bertz CT molecular complexity index is 1150. The number of alkyl halides is 2. The van der Waals surface area contributed by atoms with Gasteiger partial charge in [0, 0.05) is 17.3 Å². The van der Waals surface area contributed by atoms with E-state index in [1.54, 1.807) is 24.0 Å². The van der Waals surface area contributed by atoms with Crippen molar-refractivity contribution in [1.82, 2.24) is 19.9 Å². The first kappa shape index (κ1) is 21.3. The predicted octanol–water partition coefficient (Wildman–Crippen LogP) is 3.39. The molecule has 0 saturated heterocycles. The van der Waals surface area contributed by atoms with Gasteiger partial charge in [0.05, 0.1) is 30.7 Å². The van der Waals surface area contributed by atoms with Gasteiger partial charge >= 0.3 is 0 Å². The van der Waals surface area contributed by atoms with Crippen LogP contribution in [0.5, 0.6) is 5.75 Å². The smallest absolute Gasteiger partial charge is 0.294 e. The molecule has 9 nitrogen and oxygen atoms in total. The average Bonchev–Trinajstić information content (AvgIpc) is 3.42. The summed E-state index contributed by atoms with van der Waals surface area (Å²) in [4.78, 5) is 39.1. The molecule has 1 atom stereocenters. The SMILES string of the molecule is Cc1cc(C(C)N2Cc3c(ccnc3NC(=O)c3cnco3)C2=O)ncc1OCC(F)F. The summed E-state index contributed by atoms with van der Waals surface area (Å²) in [6, 6.07) is 2.87. The zero-order valence-corrected chi connectivity index (χ0v) is 17.2. The molecule has 0 saturated carbocycles. The molecular weight excluding hydrogens is 424 g/mol. The highest BCUT2D eigenvalue weighted by Crippen LogP contribution is 2.34. The number of oxazole rings is 1. The van der Waals surface area contributed by atoms with Crippen LogP contribution in [0.15, 0.2) is 41.5 Å². The number of aromatic nitrogens is 3. The van der Waals surface area contributed by atoms with Gasteiger partial charge in [-0.05, 0) is 31.5 Å². The normalized spacial score (nSPS) is 13.9. The standard InChI is InChI=1S/C21H19F2N5O4/c1-11-5-15(26-7-16(11)31-9-18(22)23)12(2)28-8-14-13(21(28)30)3-4-25-19(14)27-20(29)17-6-24-10-32-17/h3-7,10,12,18H,8-9H2,1-2H3,(H,25,27,29). The third-order valence-electron chi connectivity index (χ3n) is 5.11. The van der Waals surface area contributed by atoms with E-state index in [0.29, 0.717) is 22.4 Å². The minimum Gasteiger partial charge on any atom is -0.486 e. The Morgan fingerprint density at radius 1 is 1.34 bits per heavy atom. The van der Waals surface area contributed by atoms with Crippen LogP contribution in [0.1, 0.15) is 50.7 Å². The fraction of sp³-hybridized carbons (Fsp3) is 0.286. The van der Waals surface area contributed by atoms with Crippen molar-refractivity contribution >= 4 is 17.6 Å². The number of carbonyl (C=O) groups excluding carboxylic acids is 2. The molecule has 0 bridgehead atoms. The van der Waals surface area contributed by atoms with Gasteiger partial charge in [-0.15, -0.1) is 0 Å². The summed E-state index contributed by atoms with van der Waals surface area (Å²) in [5.41, 5.74) is 2.21. The lowest BCUT2D eigenvalue weighted by atomic mass is 10.1. The molecule has 1 unspecified atom stereocenters.